The number of anilines is 1. The van der Waals surface area contributed by atoms with Crippen LogP contribution in [0.5, 0.6) is 0 Å². The van der Waals surface area contributed by atoms with Crippen LogP contribution in [0.3, 0.4) is 0 Å². The van der Waals surface area contributed by atoms with Crippen molar-refractivity contribution in [3.8, 4) is 0 Å². The summed E-state index contributed by atoms with van der Waals surface area (Å²) in [6, 6.07) is 6.99. The zero-order valence-corrected chi connectivity index (χ0v) is 10.7. The number of aliphatic hydroxyl groups excluding tert-OH is 1. The molecule has 0 aliphatic heterocycles. The second-order valence-electron chi connectivity index (χ2n) is 4.36. The SMILES string of the molecule is CC(CO)N(C)c1c(C(=O)O)nnc2ccccc12. The molecular formula is C13H15N3O3. The average Bonchev–Trinajstić information content (AvgIpc) is 2.44. The number of fused-ring (bicyclic) bond motifs is 1. The quantitative estimate of drug-likeness (QED) is 0.858. The molecule has 0 bridgehead atoms. The lowest BCUT2D eigenvalue weighted by atomic mass is 10.1. The lowest BCUT2D eigenvalue weighted by molar-refractivity contribution is 0.0690. The van der Waals surface area contributed by atoms with E-state index >= 15 is 0 Å². The predicted molar refractivity (Wildman–Crippen MR) is 71.4 cm³/mol. The topological polar surface area (TPSA) is 86.5 Å². The fourth-order valence-electron chi connectivity index (χ4n) is 1.88. The Morgan fingerprint density at radius 1 is 1.37 bits per heavy atom. The molecule has 2 aromatic rings. The van der Waals surface area contributed by atoms with Gasteiger partial charge in [-0.05, 0) is 13.0 Å². The van der Waals surface area contributed by atoms with Crippen molar-refractivity contribution in [2.24, 2.45) is 0 Å². The van der Waals surface area contributed by atoms with Gasteiger partial charge >= 0.3 is 5.97 Å². The van der Waals surface area contributed by atoms with Crippen LogP contribution in [-0.4, -0.2) is 46.1 Å². The molecule has 0 saturated carbocycles. The Labute approximate surface area is 110 Å². The van der Waals surface area contributed by atoms with Crippen LogP contribution in [0.25, 0.3) is 10.9 Å². The molecular weight excluding hydrogens is 246 g/mol. The molecule has 2 rings (SSSR count). The summed E-state index contributed by atoms with van der Waals surface area (Å²) >= 11 is 0. The standard InChI is InChI=1S/C13H15N3O3/c1-8(7-17)16(2)12-9-5-3-4-6-10(9)14-15-11(12)13(18)19/h3-6,8,17H,7H2,1-2H3,(H,18,19). The van der Waals surface area contributed by atoms with Crippen molar-refractivity contribution < 1.29 is 15.0 Å². The minimum absolute atomic E-state index is 0.0772. The highest BCUT2D eigenvalue weighted by molar-refractivity contribution is 6.02. The molecule has 0 saturated heterocycles. The minimum Gasteiger partial charge on any atom is -0.476 e. The van der Waals surface area contributed by atoms with Gasteiger partial charge in [-0.3, -0.25) is 0 Å². The number of benzene rings is 1. The van der Waals surface area contributed by atoms with E-state index in [9.17, 15) is 15.0 Å². The fraction of sp³-hybridized carbons (Fsp3) is 0.308. The van der Waals surface area contributed by atoms with Gasteiger partial charge in [-0.2, -0.15) is 0 Å². The van der Waals surface area contributed by atoms with Crippen molar-refractivity contribution in [2.45, 2.75) is 13.0 Å². The van der Waals surface area contributed by atoms with Gasteiger partial charge in [0.2, 0.25) is 0 Å². The largest absolute Gasteiger partial charge is 0.476 e. The zero-order chi connectivity index (χ0) is 14.0. The normalized spacial score (nSPS) is 12.4. The third-order valence-electron chi connectivity index (χ3n) is 3.12. The lowest BCUT2D eigenvalue weighted by Crippen LogP contribution is -2.33. The maximum atomic E-state index is 11.3. The van der Waals surface area contributed by atoms with E-state index < -0.39 is 5.97 Å². The molecule has 1 aromatic heterocycles. The van der Waals surface area contributed by atoms with E-state index in [-0.39, 0.29) is 18.3 Å². The summed E-state index contributed by atoms with van der Waals surface area (Å²) < 4.78 is 0. The number of aliphatic hydroxyl groups is 1. The van der Waals surface area contributed by atoms with Crippen LogP contribution in [0.15, 0.2) is 24.3 Å². The predicted octanol–water partition coefficient (Wildman–Crippen LogP) is 1.14. The van der Waals surface area contributed by atoms with Crippen molar-refractivity contribution in [2.75, 3.05) is 18.6 Å². The summed E-state index contributed by atoms with van der Waals surface area (Å²) in [6.45, 7) is 1.73. The number of carbonyl (C=O) groups is 1. The molecule has 6 heteroatoms. The average molecular weight is 261 g/mol. The van der Waals surface area contributed by atoms with Gasteiger partial charge in [0.1, 0.15) is 0 Å². The van der Waals surface area contributed by atoms with Gasteiger partial charge in [-0.1, -0.05) is 18.2 Å². The number of aromatic carboxylic acids is 1. The van der Waals surface area contributed by atoms with Crippen molar-refractivity contribution in [3.05, 3.63) is 30.0 Å². The first-order valence-corrected chi connectivity index (χ1v) is 5.88. The summed E-state index contributed by atoms with van der Waals surface area (Å²) in [6.07, 6.45) is 0. The maximum Gasteiger partial charge on any atom is 0.358 e. The highest BCUT2D eigenvalue weighted by Crippen LogP contribution is 2.28. The zero-order valence-electron chi connectivity index (χ0n) is 10.7. The number of carboxylic acid groups (broad SMARTS) is 1. The Kier molecular flexibility index (Phi) is 3.62. The van der Waals surface area contributed by atoms with Crippen molar-refractivity contribution in [1.82, 2.24) is 10.2 Å². The first-order valence-electron chi connectivity index (χ1n) is 5.88. The van der Waals surface area contributed by atoms with E-state index in [1.54, 1.807) is 31.0 Å². The van der Waals surface area contributed by atoms with Gasteiger partial charge in [0.25, 0.3) is 0 Å². The van der Waals surface area contributed by atoms with Crippen LogP contribution >= 0.6 is 0 Å². The molecule has 1 heterocycles. The third-order valence-corrected chi connectivity index (χ3v) is 3.12. The van der Waals surface area contributed by atoms with Crippen molar-refractivity contribution in [1.29, 1.82) is 0 Å². The summed E-state index contributed by atoms with van der Waals surface area (Å²) in [5.41, 5.74) is 0.987. The second-order valence-corrected chi connectivity index (χ2v) is 4.36. The van der Waals surface area contributed by atoms with Crippen LogP contribution in [0, 0.1) is 0 Å². The maximum absolute atomic E-state index is 11.3. The van der Waals surface area contributed by atoms with Crippen LogP contribution < -0.4 is 4.90 Å². The molecule has 2 N–H and O–H groups in total. The highest BCUT2D eigenvalue weighted by atomic mass is 16.4. The van der Waals surface area contributed by atoms with Gasteiger partial charge in [0.15, 0.2) is 5.69 Å². The number of likely N-dealkylation sites (N-methyl/N-ethyl adjacent to an activating group) is 1. The Balaban J connectivity index is 2.72. The van der Waals surface area contributed by atoms with Crippen molar-refractivity contribution >= 4 is 22.6 Å². The Hall–Kier alpha value is -2.21. The Morgan fingerprint density at radius 3 is 2.68 bits per heavy atom. The molecule has 0 fully saturated rings. The Morgan fingerprint density at radius 2 is 2.05 bits per heavy atom. The summed E-state index contributed by atoms with van der Waals surface area (Å²) in [5, 5.41) is 26.9. The molecule has 1 unspecified atom stereocenters. The number of aromatic nitrogens is 2. The van der Waals surface area contributed by atoms with Gasteiger partial charge < -0.3 is 15.1 Å². The molecule has 0 radical (unpaired) electrons. The molecule has 0 aliphatic rings. The number of hydrogen-bond donors (Lipinski definition) is 2. The molecule has 0 amide bonds. The van der Waals surface area contributed by atoms with Crippen LogP contribution in [0.1, 0.15) is 17.4 Å². The van der Waals surface area contributed by atoms with E-state index in [1.165, 1.54) is 0 Å². The lowest BCUT2D eigenvalue weighted by Gasteiger charge is -2.27. The molecule has 19 heavy (non-hydrogen) atoms. The van der Waals surface area contributed by atoms with Crippen LogP contribution in [0.2, 0.25) is 0 Å². The number of nitrogens with zero attached hydrogens (tertiary/aromatic N) is 3. The first-order chi connectivity index (χ1) is 9.06. The number of carboxylic acids is 1. The molecule has 1 aromatic carbocycles. The summed E-state index contributed by atoms with van der Waals surface area (Å²) in [5.74, 6) is -1.13. The molecule has 0 aliphatic carbocycles. The van der Waals surface area contributed by atoms with Gasteiger partial charge in [-0.25, -0.2) is 4.79 Å². The summed E-state index contributed by atoms with van der Waals surface area (Å²) in [7, 11) is 1.73. The monoisotopic (exact) mass is 261 g/mol. The smallest absolute Gasteiger partial charge is 0.358 e. The van der Waals surface area contributed by atoms with Crippen LogP contribution in [-0.2, 0) is 0 Å². The summed E-state index contributed by atoms with van der Waals surface area (Å²) in [4.78, 5) is 13.0. The van der Waals surface area contributed by atoms with E-state index in [0.717, 1.165) is 0 Å². The number of hydrogen-bond acceptors (Lipinski definition) is 5. The van der Waals surface area contributed by atoms with Gasteiger partial charge in [0.05, 0.1) is 17.8 Å². The third kappa shape index (κ3) is 2.34. The van der Waals surface area contributed by atoms with E-state index in [0.29, 0.717) is 16.6 Å². The molecule has 0 spiro atoms. The molecule has 6 nitrogen and oxygen atoms in total. The molecule has 100 valence electrons. The first kappa shape index (κ1) is 13.2. The highest BCUT2D eigenvalue weighted by Gasteiger charge is 2.22. The van der Waals surface area contributed by atoms with E-state index in [1.807, 2.05) is 12.1 Å². The fourth-order valence-corrected chi connectivity index (χ4v) is 1.88. The van der Waals surface area contributed by atoms with E-state index in [2.05, 4.69) is 10.2 Å². The number of rotatable bonds is 4. The van der Waals surface area contributed by atoms with Crippen molar-refractivity contribution in [3.63, 3.8) is 0 Å². The second kappa shape index (κ2) is 5.19. The van der Waals surface area contributed by atoms with Gasteiger partial charge in [0, 0.05) is 18.5 Å². The van der Waals surface area contributed by atoms with E-state index in [4.69, 9.17) is 0 Å². The minimum atomic E-state index is -1.13. The molecule has 1 atom stereocenters. The van der Waals surface area contributed by atoms with Crippen LogP contribution in [0.4, 0.5) is 5.69 Å². The van der Waals surface area contributed by atoms with Gasteiger partial charge in [-0.15, -0.1) is 10.2 Å². The Bertz CT molecular complexity index is 615.